The number of carbonyl (C=O) groups is 1. The van der Waals surface area contributed by atoms with E-state index in [0.717, 1.165) is 34.3 Å². The lowest BCUT2D eigenvalue weighted by Crippen LogP contribution is -2.32. The Kier molecular flexibility index (Phi) is 6.27. The van der Waals surface area contributed by atoms with Gasteiger partial charge in [0.05, 0.1) is 21.7 Å². The van der Waals surface area contributed by atoms with Crippen LogP contribution in [0.25, 0.3) is 21.5 Å². The van der Waals surface area contributed by atoms with Crippen molar-refractivity contribution < 1.29 is 4.79 Å². The van der Waals surface area contributed by atoms with Crippen LogP contribution in [0.5, 0.6) is 0 Å². The zero-order chi connectivity index (χ0) is 19.4. The highest BCUT2D eigenvalue weighted by atomic mass is 32.1. The zero-order valence-electron chi connectivity index (χ0n) is 16.6. The number of amides is 1. The number of pyridine rings is 1. The van der Waals surface area contributed by atoms with Crippen LogP contribution in [0.3, 0.4) is 0 Å². The number of hydrogen-bond acceptors (Lipinski definition) is 3. The van der Waals surface area contributed by atoms with Crippen molar-refractivity contribution in [3.63, 3.8) is 0 Å². The fraction of sp³-hybridized carbons (Fsp3) is 0.391. The van der Waals surface area contributed by atoms with Crippen LogP contribution in [0.2, 0.25) is 0 Å². The minimum Gasteiger partial charge on any atom is -0.350 e. The van der Waals surface area contributed by atoms with Gasteiger partial charge < -0.3 is 5.32 Å². The van der Waals surface area contributed by atoms with E-state index in [1.54, 1.807) is 11.3 Å². The first-order valence-corrected chi connectivity index (χ1v) is 10.6. The molecular weight excluding hydrogens is 352 g/mol. The standard InChI is InChI=1S/C23H28N2OS/c1-5-6-7-9-17(4)24-23(26)19-14-21(22-10-8-11-27-22)25-20-13-16(3)15(2)12-18(19)20/h8,10-14,17H,5-7,9H2,1-4H3,(H,24,26)/t17-/m0/s1. The summed E-state index contributed by atoms with van der Waals surface area (Å²) in [7, 11) is 0. The van der Waals surface area contributed by atoms with Gasteiger partial charge >= 0.3 is 0 Å². The fourth-order valence-corrected chi connectivity index (χ4v) is 3.98. The summed E-state index contributed by atoms with van der Waals surface area (Å²) < 4.78 is 0. The Morgan fingerprint density at radius 1 is 1.19 bits per heavy atom. The third kappa shape index (κ3) is 4.56. The second-order valence-corrected chi connectivity index (χ2v) is 8.30. The third-order valence-corrected chi connectivity index (χ3v) is 5.95. The Bertz CT molecular complexity index is 931. The minimum atomic E-state index is -0.00698. The lowest BCUT2D eigenvalue weighted by molar-refractivity contribution is 0.0939. The maximum atomic E-state index is 13.1. The van der Waals surface area contributed by atoms with E-state index in [-0.39, 0.29) is 11.9 Å². The van der Waals surface area contributed by atoms with Gasteiger partial charge in [-0.25, -0.2) is 4.98 Å². The molecule has 4 heteroatoms. The van der Waals surface area contributed by atoms with Gasteiger partial charge in [0, 0.05) is 11.4 Å². The highest BCUT2D eigenvalue weighted by Gasteiger charge is 2.17. The molecule has 0 unspecified atom stereocenters. The van der Waals surface area contributed by atoms with Crippen LogP contribution in [0.15, 0.2) is 35.7 Å². The molecule has 3 nitrogen and oxygen atoms in total. The number of fused-ring (bicyclic) bond motifs is 1. The van der Waals surface area contributed by atoms with Crippen molar-refractivity contribution in [3.8, 4) is 10.6 Å². The number of aryl methyl sites for hydroxylation is 2. The summed E-state index contributed by atoms with van der Waals surface area (Å²) in [5.41, 5.74) is 4.84. The van der Waals surface area contributed by atoms with Crippen molar-refractivity contribution in [1.29, 1.82) is 0 Å². The molecule has 0 spiro atoms. The number of nitrogens with one attached hydrogen (secondary N) is 1. The predicted molar refractivity (Wildman–Crippen MR) is 116 cm³/mol. The molecule has 1 atom stereocenters. The molecule has 0 aliphatic heterocycles. The molecule has 2 heterocycles. The molecule has 1 N–H and O–H groups in total. The largest absolute Gasteiger partial charge is 0.350 e. The lowest BCUT2D eigenvalue weighted by Gasteiger charge is -2.16. The highest BCUT2D eigenvalue weighted by Crippen LogP contribution is 2.29. The second kappa shape index (κ2) is 8.66. The molecule has 0 saturated heterocycles. The molecule has 2 aromatic heterocycles. The monoisotopic (exact) mass is 380 g/mol. The number of aromatic nitrogens is 1. The third-order valence-electron chi connectivity index (χ3n) is 5.06. The average molecular weight is 381 g/mol. The van der Waals surface area contributed by atoms with Gasteiger partial charge in [-0.3, -0.25) is 4.79 Å². The van der Waals surface area contributed by atoms with Gasteiger partial charge in [-0.2, -0.15) is 0 Å². The first-order chi connectivity index (χ1) is 13.0. The molecule has 1 aromatic carbocycles. The molecule has 0 saturated carbocycles. The van der Waals surface area contributed by atoms with Crippen LogP contribution >= 0.6 is 11.3 Å². The number of unbranched alkanes of at least 4 members (excludes halogenated alkanes) is 2. The quantitative estimate of drug-likeness (QED) is 0.490. The van der Waals surface area contributed by atoms with Crippen molar-refractivity contribution in [3.05, 3.63) is 52.4 Å². The summed E-state index contributed by atoms with van der Waals surface area (Å²) in [4.78, 5) is 19.0. The summed E-state index contributed by atoms with van der Waals surface area (Å²) in [6.45, 7) is 8.45. The predicted octanol–water partition coefficient (Wildman–Crippen LogP) is 6.28. The molecule has 142 valence electrons. The summed E-state index contributed by atoms with van der Waals surface area (Å²) in [5, 5.41) is 6.16. The van der Waals surface area contributed by atoms with Gasteiger partial charge in [0.2, 0.25) is 0 Å². The maximum Gasteiger partial charge on any atom is 0.252 e. The molecule has 1 amide bonds. The van der Waals surface area contributed by atoms with Crippen molar-refractivity contribution in [2.75, 3.05) is 0 Å². The van der Waals surface area contributed by atoms with Crippen LogP contribution in [0.4, 0.5) is 0 Å². The SMILES string of the molecule is CCCCC[C@H](C)NC(=O)c1cc(-c2cccs2)nc2cc(C)c(C)cc12. The van der Waals surface area contributed by atoms with Gasteiger partial charge in [-0.15, -0.1) is 11.3 Å². The highest BCUT2D eigenvalue weighted by molar-refractivity contribution is 7.13. The molecule has 0 bridgehead atoms. The zero-order valence-corrected chi connectivity index (χ0v) is 17.5. The Morgan fingerprint density at radius 2 is 1.96 bits per heavy atom. The van der Waals surface area contributed by atoms with Gasteiger partial charge in [-0.05, 0) is 68.0 Å². The first kappa shape index (κ1) is 19.6. The summed E-state index contributed by atoms with van der Waals surface area (Å²) in [5.74, 6) is -0.00698. The van der Waals surface area contributed by atoms with Crippen LogP contribution in [0.1, 0.15) is 61.0 Å². The van der Waals surface area contributed by atoms with Crippen molar-refractivity contribution in [2.45, 2.75) is 59.4 Å². The topological polar surface area (TPSA) is 42.0 Å². The van der Waals surface area contributed by atoms with E-state index < -0.39 is 0 Å². The van der Waals surface area contributed by atoms with E-state index in [0.29, 0.717) is 5.56 Å². The molecule has 0 fully saturated rings. The van der Waals surface area contributed by atoms with Crippen LogP contribution in [0, 0.1) is 13.8 Å². The van der Waals surface area contributed by atoms with Crippen molar-refractivity contribution >= 4 is 28.1 Å². The van der Waals surface area contributed by atoms with E-state index in [2.05, 4.69) is 51.2 Å². The molecule has 3 rings (SSSR count). The first-order valence-electron chi connectivity index (χ1n) is 9.76. The van der Waals surface area contributed by atoms with Crippen molar-refractivity contribution in [1.82, 2.24) is 10.3 Å². The minimum absolute atomic E-state index is 0.00698. The van der Waals surface area contributed by atoms with E-state index in [1.807, 2.05) is 17.5 Å². The average Bonchev–Trinajstić information content (AvgIpc) is 3.17. The summed E-state index contributed by atoms with van der Waals surface area (Å²) in [6, 6.07) is 10.4. The van der Waals surface area contributed by atoms with Crippen molar-refractivity contribution in [2.24, 2.45) is 0 Å². The Balaban J connectivity index is 1.99. The molecule has 0 aliphatic carbocycles. The molecular formula is C23H28N2OS. The lowest BCUT2D eigenvalue weighted by atomic mass is 10.0. The number of rotatable bonds is 7. The van der Waals surface area contributed by atoms with Crippen LogP contribution in [-0.2, 0) is 0 Å². The number of hydrogen-bond donors (Lipinski definition) is 1. The van der Waals surface area contributed by atoms with Gasteiger partial charge in [0.15, 0.2) is 0 Å². The number of benzene rings is 1. The Hall–Kier alpha value is -2.20. The molecule has 0 radical (unpaired) electrons. The van der Waals surface area contributed by atoms with E-state index in [4.69, 9.17) is 4.98 Å². The Morgan fingerprint density at radius 3 is 2.67 bits per heavy atom. The van der Waals surface area contributed by atoms with Gasteiger partial charge in [0.1, 0.15) is 0 Å². The molecule has 3 aromatic rings. The number of nitrogens with zero attached hydrogens (tertiary/aromatic N) is 1. The summed E-state index contributed by atoms with van der Waals surface area (Å²) >= 11 is 1.65. The maximum absolute atomic E-state index is 13.1. The van der Waals surface area contributed by atoms with E-state index >= 15 is 0 Å². The van der Waals surface area contributed by atoms with E-state index in [9.17, 15) is 4.79 Å². The smallest absolute Gasteiger partial charge is 0.252 e. The Labute approximate surface area is 165 Å². The van der Waals surface area contributed by atoms with Crippen LogP contribution < -0.4 is 5.32 Å². The number of thiophene rings is 1. The van der Waals surface area contributed by atoms with Gasteiger partial charge in [0.25, 0.3) is 5.91 Å². The van der Waals surface area contributed by atoms with Gasteiger partial charge in [-0.1, -0.05) is 32.3 Å². The fourth-order valence-electron chi connectivity index (χ4n) is 3.30. The van der Waals surface area contributed by atoms with Crippen LogP contribution in [-0.4, -0.2) is 16.9 Å². The van der Waals surface area contributed by atoms with E-state index in [1.165, 1.54) is 24.0 Å². The number of carbonyl (C=O) groups excluding carboxylic acids is 1. The molecule has 27 heavy (non-hydrogen) atoms. The normalized spacial score (nSPS) is 12.3. The molecule has 0 aliphatic rings. The summed E-state index contributed by atoms with van der Waals surface area (Å²) in [6.07, 6.45) is 4.56. The second-order valence-electron chi connectivity index (χ2n) is 7.36.